The Balaban J connectivity index is 1.86. The van der Waals surface area contributed by atoms with Crippen LogP contribution in [0.2, 0.25) is 5.02 Å². The number of carbonyl (C=O) groups excluding carboxylic acids is 1. The molecule has 31 heavy (non-hydrogen) atoms. The van der Waals surface area contributed by atoms with Crippen molar-refractivity contribution in [3.05, 3.63) is 81.3 Å². The highest BCUT2D eigenvalue weighted by Gasteiger charge is 2.25. The smallest absolute Gasteiger partial charge is 0.261 e. The van der Waals surface area contributed by atoms with E-state index in [4.69, 9.17) is 26.1 Å². The van der Waals surface area contributed by atoms with Gasteiger partial charge in [0.1, 0.15) is 21.7 Å². The molecule has 1 aromatic heterocycles. The Morgan fingerprint density at radius 3 is 2.48 bits per heavy atom. The third-order valence-electron chi connectivity index (χ3n) is 4.72. The molecule has 4 aromatic rings. The van der Waals surface area contributed by atoms with Gasteiger partial charge in [0, 0.05) is 4.47 Å². The van der Waals surface area contributed by atoms with Gasteiger partial charge in [-0.15, -0.1) is 0 Å². The zero-order valence-electron chi connectivity index (χ0n) is 16.8. The van der Waals surface area contributed by atoms with E-state index >= 15 is 0 Å². The molecule has 0 unspecified atom stereocenters. The van der Waals surface area contributed by atoms with Gasteiger partial charge < -0.3 is 9.47 Å². The van der Waals surface area contributed by atoms with E-state index in [-0.39, 0.29) is 5.91 Å². The van der Waals surface area contributed by atoms with Crippen molar-refractivity contribution in [1.29, 1.82) is 0 Å². The minimum atomic E-state index is -0.243. The molecule has 0 aliphatic carbocycles. The number of rotatable bonds is 6. The highest BCUT2D eigenvalue weighted by Crippen LogP contribution is 2.41. The standard InChI is InChI=1S/C23H18BrClN2O3S/c1-29-18-10-11-19(30-2)21-20(18)26-23(31-21)27(13-14-6-4-3-5-7-14)22(28)16-12-15(24)8-9-17(16)25/h3-12H,13H2,1-2H3. The summed E-state index contributed by atoms with van der Waals surface area (Å²) in [4.78, 5) is 20.0. The van der Waals surface area contributed by atoms with E-state index in [0.29, 0.717) is 39.3 Å². The molecule has 1 amide bonds. The van der Waals surface area contributed by atoms with Gasteiger partial charge in [-0.05, 0) is 35.9 Å². The number of carbonyl (C=O) groups is 1. The zero-order chi connectivity index (χ0) is 22.0. The number of fused-ring (bicyclic) bond motifs is 1. The number of nitrogens with zero attached hydrogens (tertiary/aromatic N) is 2. The summed E-state index contributed by atoms with van der Waals surface area (Å²) in [5.41, 5.74) is 2.01. The minimum Gasteiger partial charge on any atom is -0.495 e. The van der Waals surface area contributed by atoms with Gasteiger partial charge in [0.25, 0.3) is 5.91 Å². The molecule has 0 spiro atoms. The summed E-state index contributed by atoms with van der Waals surface area (Å²) in [5, 5.41) is 0.908. The van der Waals surface area contributed by atoms with Crippen molar-refractivity contribution in [1.82, 2.24) is 4.98 Å². The lowest BCUT2D eigenvalue weighted by Crippen LogP contribution is -2.30. The minimum absolute atomic E-state index is 0.243. The monoisotopic (exact) mass is 516 g/mol. The summed E-state index contributed by atoms with van der Waals surface area (Å²) in [7, 11) is 3.20. The molecule has 3 aromatic carbocycles. The van der Waals surface area contributed by atoms with Crippen LogP contribution in [0.15, 0.2) is 65.1 Å². The van der Waals surface area contributed by atoms with Gasteiger partial charge >= 0.3 is 0 Å². The first-order valence-corrected chi connectivity index (χ1v) is 11.3. The second-order valence-electron chi connectivity index (χ2n) is 6.65. The Hall–Kier alpha value is -2.61. The van der Waals surface area contributed by atoms with Crippen LogP contribution >= 0.6 is 38.9 Å². The molecule has 0 saturated carbocycles. The first-order chi connectivity index (χ1) is 15.0. The number of methoxy groups -OCH3 is 2. The number of anilines is 1. The Kier molecular flexibility index (Phi) is 6.46. The van der Waals surface area contributed by atoms with Crippen molar-refractivity contribution in [3.63, 3.8) is 0 Å². The number of ether oxygens (including phenoxy) is 2. The van der Waals surface area contributed by atoms with Gasteiger partial charge in [-0.3, -0.25) is 9.69 Å². The van der Waals surface area contributed by atoms with Crippen molar-refractivity contribution in [2.45, 2.75) is 6.54 Å². The van der Waals surface area contributed by atoms with Gasteiger partial charge in [-0.2, -0.15) is 0 Å². The average molecular weight is 518 g/mol. The lowest BCUT2D eigenvalue weighted by atomic mass is 10.1. The largest absolute Gasteiger partial charge is 0.495 e. The number of amides is 1. The fourth-order valence-corrected chi connectivity index (χ4v) is 4.82. The van der Waals surface area contributed by atoms with Crippen LogP contribution in [0.3, 0.4) is 0 Å². The molecule has 4 rings (SSSR count). The van der Waals surface area contributed by atoms with E-state index in [1.54, 1.807) is 43.4 Å². The fraction of sp³-hybridized carbons (Fsp3) is 0.130. The van der Waals surface area contributed by atoms with Gasteiger partial charge in [0.2, 0.25) is 0 Å². The molecule has 0 atom stereocenters. The lowest BCUT2D eigenvalue weighted by molar-refractivity contribution is 0.0985. The maximum Gasteiger partial charge on any atom is 0.261 e. The molecule has 1 heterocycles. The van der Waals surface area contributed by atoms with E-state index in [1.165, 1.54) is 11.3 Å². The molecule has 0 aliphatic heterocycles. The van der Waals surface area contributed by atoms with Crippen LogP contribution in [0.4, 0.5) is 5.13 Å². The number of halogens is 2. The Morgan fingerprint density at radius 2 is 1.77 bits per heavy atom. The van der Waals surface area contributed by atoms with Crippen LogP contribution in [-0.2, 0) is 6.54 Å². The lowest BCUT2D eigenvalue weighted by Gasteiger charge is -2.21. The number of aromatic nitrogens is 1. The van der Waals surface area contributed by atoms with Crippen molar-refractivity contribution in [2.24, 2.45) is 0 Å². The van der Waals surface area contributed by atoms with Crippen LogP contribution in [0, 0.1) is 0 Å². The normalized spacial score (nSPS) is 10.8. The van der Waals surface area contributed by atoms with Gasteiger partial charge in [-0.25, -0.2) is 4.98 Å². The summed E-state index contributed by atoms with van der Waals surface area (Å²) in [5.74, 6) is 1.05. The number of benzene rings is 3. The molecule has 5 nitrogen and oxygen atoms in total. The summed E-state index contributed by atoms with van der Waals surface area (Å²) in [6, 6.07) is 18.6. The Bertz CT molecular complexity index is 1210. The quantitative estimate of drug-likeness (QED) is 0.290. The van der Waals surface area contributed by atoms with Crippen molar-refractivity contribution in [3.8, 4) is 11.5 Å². The van der Waals surface area contributed by atoms with E-state index in [9.17, 15) is 4.79 Å². The van der Waals surface area contributed by atoms with Crippen LogP contribution in [0.1, 0.15) is 15.9 Å². The Labute approximate surface area is 197 Å². The van der Waals surface area contributed by atoms with E-state index in [2.05, 4.69) is 15.9 Å². The van der Waals surface area contributed by atoms with Gasteiger partial charge in [0.15, 0.2) is 5.13 Å². The van der Waals surface area contributed by atoms with Crippen LogP contribution in [0.25, 0.3) is 10.2 Å². The third-order valence-corrected chi connectivity index (χ3v) is 6.63. The van der Waals surface area contributed by atoms with E-state index in [0.717, 1.165) is 14.7 Å². The number of hydrogen-bond acceptors (Lipinski definition) is 5. The van der Waals surface area contributed by atoms with Crippen LogP contribution < -0.4 is 14.4 Å². The second-order valence-corrected chi connectivity index (χ2v) is 8.95. The molecule has 0 fully saturated rings. The highest BCUT2D eigenvalue weighted by molar-refractivity contribution is 9.10. The van der Waals surface area contributed by atoms with E-state index < -0.39 is 0 Å². The van der Waals surface area contributed by atoms with Crippen molar-refractivity contribution < 1.29 is 14.3 Å². The molecule has 0 radical (unpaired) electrons. The number of thiazole rings is 1. The summed E-state index contributed by atoms with van der Waals surface area (Å²) in [6.07, 6.45) is 0. The van der Waals surface area contributed by atoms with Crippen molar-refractivity contribution >= 4 is 60.1 Å². The molecular weight excluding hydrogens is 500 g/mol. The summed E-state index contributed by atoms with van der Waals surface area (Å²) in [6.45, 7) is 0.340. The molecule has 0 saturated heterocycles. The predicted molar refractivity (Wildman–Crippen MR) is 129 cm³/mol. The fourth-order valence-electron chi connectivity index (χ4n) is 3.19. The van der Waals surface area contributed by atoms with Crippen molar-refractivity contribution in [2.75, 3.05) is 19.1 Å². The van der Waals surface area contributed by atoms with Crippen LogP contribution in [-0.4, -0.2) is 25.1 Å². The maximum absolute atomic E-state index is 13.6. The summed E-state index contributed by atoms with van der Waals surface area (Å²) < 4.78 is 12.6. The topological polar surface area (TPSA) is 51.7 Å². The first-order valence-electron chi connectivity index (χ1n) is 9.34. The second kappa shape index (κ2) is 9.26. The molecular formula is C23H18BrClN2O3S. The van der Waals surface area contributed by atoms with Crippen LogP contribution in [0.5, 0.6) is 11.5 Å². The molecule has 0 N–H and O–H groups in total. The Morgan fingerprint density at radius 1 is 1.06 bits per heavy atom. The molecule has 158 valence electrons. The predicted octanol–water partition coefficient (Wildman–Crippen LogP) is 6.58. The maximum atomic E-state index is 13.6. The summed E-state index contributed by atoms with van der Waals surface area (Å²) >= 11 is 11.2. The molecule has 0 bridgehead atoms. The SMILES string of the molecule is COc1ccc(OC)c2sc(N(Cc3ccccc3)C(=O)c3cc(Br)ccc3Cl)nc12. The average Bonchev–Trinajstić information content (AvgIpc) is 3.24. The van der Waals surface area contributed by atoms with E-state index in [1.807, 2.05) is 36.4 Å². The van der Waals surface area contributed by atoms with Gasteiger partial charge in [0.05, 0.1) is 31.4 Å². The first kappa shape index (κ1) is 21.6. The number of hydrogen-bond donors (Lipinski definition) is 0. The molecule has 0 aliphatic rings. The zero-order valence-corrected chi connectivity index (χ0v) is 19.9. The van der Waals surface area contributed by atoms with Gasteiger partial charge in [-0.1, -0.05) is 69.2 Å². The molecule has 8 heteroatoms. The third kappa shape index (κ3) is 4.39. The highest BCUT2D eigenvalue weighted by atomic mass is 79.9.